The number of hydrogen-bond donors (Lipinski definition) is 1. The number of ether oxygens (including phenoxy) is 1. The van der Waals surface area contributed by atoms with Crippen molar-refractivity contribution in [3.8, 4) is 0 Å². The minimum Gasteiger partial charge on any atom is -0.550 e. The summed E-state index contributed by atoms with van der Waals surface area (Å²) in [6.45, 7) is 9.23. The molecule has 158 valence electrons. The van der Waals surface area contributed by atoms with Crippen LogP contribution in [-0.2, 0) is 14.3 Å². The first-order valence-electron chi connectivity index (χ1n) is 10.8. The zero-order chi connectivity index (χ0) is 20.7. The Bertz CT molecular complexity index is 471. The van der Waals surface area contributed by atoms with E-state index in [-0.39, 0.29) is 17.8 Å². The predicted molar refractivity (Wildman–Crippen MR) is 104 cm³/mol. The third-order valence-corrected chi connectivity index (χ3v) is 6.09. The Morgan fingerprint density at radius 1 is 1.07 bits per heavy atom. The van der Waals surface area contributed by atoms with Gasteiger partial charge < -0.3 is 20.4 Å². The molecule has 0 bridgehead atoms. The highest BCUT2D eigenvalue weighted by molar-refractivity contribution is 5.74. The van der Waals surface area contributed by atoms with Gasteiger partial charge in [0.2, 0.25) is 0 Å². The number of rotatable bonds is 5. The summed E-state index contributed by atoms with van der Waals surface area (Å²) in [5.74, 6) is -1.58. The second kappa shape index (κ2) is 10.4. The highest BCUT2D eigenvalue weighted by atomic mass is 16.6. The van der Waals surface area contributed by atoms with E-state index in [1.807, 2.05) is 34.6 Å². The molecule has 2 unspecified atom stereocenters. The second-order valence-corrected chi connectivity index (χ2v) is 9.73. The van der Waals surface area contributed by atoms with Crippen molar-refractivity contribution in [2.45, 2.75) is 110 Å². The normalized spacial score (nSPS) is 22.3. The van der Waals surface area contributed by atoms with Gasteiger partial charge in [-0.2, -0.15) is 0 Å². The van der Waals surface area contributed by atoms with Crippen molar-refractivity contribution in [1.82, 2.24) is 0 Å². The molecule has 2 atom stereocenters. The zero-order valence-corrected chi connectivity index (χ0v) is 18.1. The molecule has 5 heteroatoms. The Labute approximate surface area is 165 Å². The van der Waals surface area contributed by atoms with E-state index >= 15 is 0 Å². The van der Waals surface area contributed by atoms with E-state index in [2.05, 4.69) is 5.73 Å². The van der Waals surface area contributed by atoms with Crippen LogP contribution in [0.1, 0.15) is 98.8 Å². The molecule has 0 heterocycles. The summed E-state index contributed by atoms with van der Waals surface area (Å²) in [5.41, 5.74) is 2.74. The van der Waals surface area contributed by atoms with Gasteiger partial charge in [-0.15, -0.1) is 0 Å². The van der Waals surface area contributed by atoms with Crippen LogP contribution < -0.4 is 10.8 Å². The average Bonchev–Trinajstić information content (AvgIpc) is 3.05. The number of carboxylic acids is 1. The monoisotopic (exact) mass is 383 g/mol. The summed E-state index contributed by atoms with van der Waals surface area (Å²) in [5, 5.41) is 11.5. The molecule has 0 aliphatic heterocycles. The molecule has 0 saturated heterocycles. The summed E-state index contributed by atoms with van der Waals surface area (Å²) in [6.07, 6.45) is 10.8. The fraction of sp³-hybridized carbons (Fsp3) is 0.909. The fourth-order valence-corrected chi connectivity index (χ4v) is 4.35. The first kappa shape index (κ1) is 23.9. The quantitative estimate of drug-likeness (QED) is 0.739. The Morgan fingerprint density at radius 3 is 1.96 bits per heavy atom. The van der Waals surface area contributed by atoms with Crippen molar-refractivity contribution in [2.24, 2.45) is 17.3 Å². The highest BCUT2D eigenvalue weighted by Gasteiger charge is 2.41. The minimum absolute atomic E-state index is 0.0717. The van der Waals surface area contributed by atoms with Crippen LogP contribution in [0.2, 0.25) is 0 Å². The van der Waals surface area contributed by atoms with E-state index in [1.165, 1.54) is 32.1 Å². The molecule has 0 aromatic carbocycles. The number of esters is 1. The van der Waals surface area contributed by atoms with Crippen molar-refractivity contribution in [2.75, 3.05) is 0 Å². The topological polar surface area (TPSA) is 94.1 Å². The second-order valence-electron chi connectivity index (χ2n) is 9.73. The molecule has 27 heavy (non-hydrogen) atoms. The Morgan fingerprint density at radius 2 is 1.59 bits per heavy atom. The smallest absolute Gasteiger partial charge is 0.309 e. The maximum absolute atomic E-state index is 12.0. The summed E-state index contributed by atoms with van der Waals surface area (Å²) in [6, 6.07) is 0.786. The molecule has 2 fully saturated rings. The molecule has 0 amide bonds. The lowest BCUT2D eigenvalue weighted by atomic mass is 9.71. The maximum Gasteiger partial charge on any atom is 0.309 e. The first-order chi connectivity index (χ1) is 12.5. The number of carbonyl (C=O) groups is 2. The van der Waals surface area contributed by atoms with Gasteiger partial charge >= 0.3 is 5.97 Å². The molecule has 0 radical (unpaired) electrons. The van der Waals surface area contributed by atoms with Gasteiger partial charge in [-0.25, -0.2) is 0 Å². The van der Waals surface area contributed by atoms with Gasteiger partial charge in [-0.1, -0.05) is 33.1 Å². The molecular weight excluding hydrogens is 342 g/mol. The van der Waals surface area contributed by atoms with Gasteiger partial charge in [0.05, 0.1) is 12.0 Å². The zero-order valence-electron chi connectivity index (χ0n) is 18.1. The molecule has 5 nitrogen and oxygen atoms in total. The number of aliphatic carboxylic acids is 1. The molecule has 0 aromatic heterocycles. The summed E-state index contributed by atoms with van der Waals surface area (Å²) >= 11 is 0. The molecule has 2 rings (SSSR count). The van der Waals surface area contributed by atoms with Crippen molar-refractivity contribution in [3.63, 3.8) is 0 Å². The van der Waals surface area contributed by atoms with Crippen molar-refractivity contribution in [3.05, 3.63) is 0 Å². The average molecular weight is 384 g/mol. The third-order valence-electron chi connectivity index (χ3n) is 6.09. The molecule has 2 saturated carbocycles. The molecule has 0 aromatic rings. The van der Waals surface area contributed by atoms with E-state index in [4.69, 9.17) is 4.74 Å². The van der Waals surface area contributed by atoms with E-state index in [0.717, 1.165) is 18.9 Å². The van der Waals surface area contributed by atoms with Gasteiger partial charge in [0.15, 0.2) is 0 Å². The van der Waals surface area contributed by atoms with Crippen LogP contribution in [0.25, 0.3) is 0 Å². The Hall–Kier alpha value is -1.10. The molecule has 2 aliphatic carbocycles. The van der Waals surface area contributed by atoms with Crippen LogP contribution >= 0.6 is 0 Å². The van der Waals surface area contributed by atoms with E-state index in [0.29, 0.717) is 19.3 Å². The van der Waals surface area contributed by atoms with Gasteiger partial charge in [-0.3, -0.25) is 4.79 Å². The molecule has 2 aliphatic rings. The largest absolute Gasteiger partial charge is 0.550 e. The molecule has 0 spiro atoms. The van der Waals surface area contributed by atoms with Gasteiger partial charge in [0.1, 0.15) is 5.60 Å². The lowest BCUT2D eigenvalue weighted by molar-refractivity contribution is -0.425. The maximum atomic E-state index is 12.0. The van der Waals surface area contributed by atoms with E-state index in [1.54, 1.807) is 0 Å². The molecule has 3 N–H and O–H groups in total. The van der Waals surface area contributed by atoms with Crippen molar-refractivity contribution in [1.29, 1.82) is 0 Å². The van der Waals surface area contributed by atoms with E-state index < -0.39 is 17.0 Å². The van der Waals surface area contributed by atoms with Crippen molar-refractivity contribution >= 4 is 11.9 Å². The summed E-state index contributed by atoms with van der Waals surface area (Å²) in [4.78, 5) is 23.5. The van der Waals surface area contributed by atoms with Crippen LogP contribution in [0.3, 0.4) is 0 Å². The Balaban J connectivity index is 0.000000433. The number of quaternary nitrogens is 1. The van der Waals surface area contributed by atoms with Gasteiger partial charge in [-0.05, 0) is 71.6 Å². The van der Waals surface area contributed by atoms with Crippen molar-refractivity contribution < 1.29 is 25.2 Å². The summed E-state index contributed by atoms with van der Waals surface area (Å²) < 4.78 is 5.35. The van der Waals surface area contributed by atoms with Crippen LogP contribution in [0, 0.1) is 17.3 Å². The van der Waals surface area contributed by atoms with Crippen LogP contribution in [-0.4, -0.2) is 23.6 Å². The molecular formula is C22H41NO4. The first-order valence-corrected chi connectivity index (χ1v) is 10.8. The number of carbonyl (C=O) groups excluding carboxylic acids is 2. The van der Waals surface area contributed by atoms with Crippen LogP contribution in [0.4, 0.5) is 0 Å². The number of carboxylic acid groups (broad SMARTS) is 1. The lowest BCUT2D eigenvalue weighted by Gasteiger charge is -2.37. The lowest BCUT2D eigenvalue weighted by Crippen LogP contribution is -2.61. The predicted octanol–water partition coefficient (Wildman–Crippen LogP) is 2.86. The third kappa shape index (κ3) is 7.81. The van der Waals surface area contributed by atoms with Gasteiger partial charge in [0, 0.05) is 11.4 Å². The van der Waals surface area contributed by atoms with Crippen LogP contribution in [0.5, 0.6) is 0 Å². The fourth-order valence-electron chi connectivity index (χ4n) is 4.35. The SMILES string of the molecule is CC(CC(C)C1(C(=O)[O-])CCCC1)C(=O)OC(C)(C)C.[NH3+]C1CCCCC1. The highest BCUT2D eigenvalue weighted by Crippen LogP contribution is 2.46. The Kier molecular flexibility index (Phi) is 9.26. The van der Waals surface area contributed by atoms with Gasteiger partial charge in [0.25, 0.3) is 0 Å². The van der Waals surface area contributed by atoms with Crippen LogP contribution in [0.15, 0.2) is 0 Å². The standard InChI is InChI=1S/C16H28O4.C6H13N/c1-11(13(17)20-15(3,4)5)10-12(2)16(14(18)19)8-6-7-9-16;7-6-4-2-1-3-5-6/h11-12H,6-10H2,1-5H3,(H,18,19);6H,1-5,7H2. The summed E-state index contributed by atoms with van der Waals surface area (Å²) in [7, 11) is 0. The number of hydrogen-bond acceptors (Lipinski definition) is 4. The van der Waals surface area contributed by atoms with E-state index in [9.17, 15) is 14.7 Å². The minimum atomic E-state index is -0.959.